The minimum atomic E-state index is -0.405. The lowest BCUT2D eigenvalue weighted by atomic mass is 10.1. The van der Waals surface area contributed by atoms with Crippen molar-refractivity contribution in [3.05, 3.63) is 34.3 Å². The molecular weight excluding hydrogens is 326 g/mol. The van der Waals surface area contributed by atoms with Gasteiger partial charge in [0, 0.05) is 11.0 Å². The Morgan fingerprint density at radius 3 is 1.86 bits per heavy atom. The van der Waals surface area contributed by atoms with Gasteiger partial charge in [-0.05, 0) is 55.5 Å². The Morgan fingerprint density at radius 2 is 1.43 bits per heavy atom. The van der Waals surface area contributed by atoms with Gasteiger partial charge in [0.2, 0.25) is 0 Å². The summed E-state index contributed by atoms with van der Waals surface area (Å²) < 4.78 is 1.05. The lowest BCUT2D eigenvalue weighted by Crippen LogP contribution is -2.32. The van der Waals surface area contributed by atoms with Crippen LogP contribution < -0.4 is 0 Å². The summed E-state index contributed by atoms with van der Waals surface area (Å²) in [7, 11) is 0. The monoisotopic (exact) mass is 355 g/mol. The van der Waals surface area contributed by atoms with E-state index in [2.05, 4.69) is 48.5 Å². The highest BCUT2D eigenvalue weighted by molar-refractivity contribution is 9.10. The van der Waals surface area contributed by atoms with E-state index in [1.807, 2.05) is 24.3 Å². The van der Waals surface area contributed by atoms with Crippen molar-refractivity contribution in [3.63, 3.8) is 0 Å². The van der Waals surface area contributed by atoms with Crippen LogP contribution in [0.25, 0.3) is 0 Å². The summed E-state index contributed by atoms with van der Waals surface area (Å²) in [6.45, 7) is 11.9. The van der Waals surface area contributed by atoms with Gasteiger partial charge in [-0.1, -0.05) is 55.8 Å². The highest BCUT2D eigenvalue weighted by atomic mass is 79.9. The van der Waals surface area contributed by atoms with Crippen LogP contribution in [-0.2, 0) is 0 Å². The van der Waals surface area contributed by atoms with Crippen LogP contribution in [0.15, 0.2) is 28.7 Å². The molecule has 0 bridgehead atoms. The summed E-state index contributed by atoms with van der Waals surface area (Å²) in [6, 6.07) is 7.98. The first-order valence-electron chi connectivity index (χ1n) is 8.04. The average molecular weight is 356 g/mol. The highest BCUT2D eigenvalue weighted by Crippen LogP contribution is 2.19. The van der Waals surface area contributed by atoms with Crippen molar-refractivity contribution in [1.82, 2.24) is 4.90 Å². The van der Waals surface area contributed by atoms with E-state index in [-0.39, 0.29) is 0 Å². The van der Waals surface area contributed by atoms with Crippen molar-refractivity contribution in [2.45, 2.75) is 46.6 Å². The summed E-state index contributed by atoms with van der Waals surface area (Å²) in [5, 5.41) is 10.5. The van der Waals surface area contributed by atoms with Gasteiger partial charge < -0.3 is 10.0 Å². The van der Waals surface area contributed by atoms with Gasteiger partial charge in [0.1, 0.15) is 0 Å². The van der Waals surface area contributed by atoms with Crippen LogP contribution >= 0.6 is 15.9 Å². The molecule has 1 atom stereocenters. The van der Waals surface area contributed by atoms with Gasteiger partial charge in [-0.2, -0.15) is 0 Å². The van der Waals surface area contributed by atoms with Crippen LogP contribution in [0.4, 0.5) is 0 Å². The second kappa shape index (κ2) is 9.60. The predicted molar refractivity (Wildman–Crippen MR) is 94.5 cm³/mol. The number of aliphatic hydroxyl groups excluding tert-OH is 1. The van der Waals surface area contributed by atoms with Crippen molar-refractivity contribution in [3.8, 4) is 0 Å². The van der Waals surface area contributed by atoms with E-state index >= 15 is 0 Å². The summed E-state index contributed by atoms with van der Waals surface area (Å²) in [5.74, 6) is 1.41. The van der Waals surface area contributed by atoms with Gasteiger partial charge in [-0.15, -0.1) is 0 Å². The van der Waals surface area contributed by atoms with Crippen molar-refractivity contribution in [2.75, 3.05) is 19.6 Å². The zero-order chi connectivity index (χ0) is 15.8. The molecule has 0 amide bonds. The highest BCUT2D eigenvalue weighted by Gasteiger charge is 2.14. The molecule has 0 aromatic heterocycles. The maximum Gasteiger partial charge on any atom is 0.0916 e. The van der Waals surface area contributed by atoms with Gasteiger partial charge in [0.15, 0.2) is 0 Å². The molecule has 1 rings (SSSR count). The third kappa shape index (κ3) is 7.98. The SMILES string of the molecule is CC(C)CCN(CCC(C)C)C[C@@H](O)c1ccc(Br)cc1. The van der Waals surface area contributed by atoms with Gasteiger partial charge >= 0.3 is 0 Å². The molecule has 0 spiro atoms. The fourth-order valence-electron chi connectivity index (χ4n) is 2.21. The van der Waals surface area contributed by atoms with Crippen LogP contribution in [0, 0.1) is 11.8 Å². The van der Waals surface area contributed by atoms with Gasteiger partial charge in [0.05, 0.1) is 6.10 Å². The molecule has 0 heterocycles. The zero-order valence-corrected chi connectivity index (χ0v) is 15.4. The fourth-order valence-corrected chi connectivity index (χ4v) is 2.48. The van der Waals surface area contributed by atoms with Gasteiger partial charge in [-0.25, -0.2) is 0 Å². The largest absolute Gasteiger partial charge is 0.387 e. The van der Waals surface area contributed by atoms with E-state index < -0.39 is 6.10 Å². The molecule has 0 aliphatic carbocycles. The van der Waals surface area contributed by atoms with Crippen molar-refractivity contribution in [1.29, 1.82) is 0 Å². The first kappa shape index (κ1) is 18.7. The van der Waals surface area contributed by atoms with Crippen molar-refractivity contribution in [2.24, 2.45) is 11.8 Å². The Hall–Kier alpha value is -0.380. The molecule has 0 unspecified atom stereocenters. The molecule has 0 saturated carbocycles. The van der Waals surface area contributed by atoms with Crippen LogP contribution in [0.5, 0.6) is 0 Å². The Morgan fingerprint density at radius 1 is 0.952 bits per heavy atom. The van der Waals surface area contributed by atoms with Crippen molar-refractivity contribution >= 4 is 15.9 Å². The molecule has 2 nitrogen and oxygen atoms in total. The summed E-state index contributed by atoms with van der Waals surface area (Å²) in [4.78, 5) is 2.41. The maximum atomic E-state index is 10.5. The summed E-state index contributed by atoms with van der Waals surface area (Å²) >= 11 is 3.43. The summed E-state index contributed by atoms with van der Waals surface area (Å²) in [6.07, 6.45) is 1.97. The van der Waals surface area contributed by atoms with E-state index in [0.717, 1.165) is 29.7 Å². The predicted octanol–water partition coefficient (Wildman–Crippen LogP) is 4.88. The topological polar surface area (TPSA) is 23.5 Å². The van der Waals surface area contributed by atoms with Crippen LogP contribution in [0.1, 0.15) is 52.2 Å². The normalized spacial score (nSPS) is 13.4. The maximum absolute atomic E-state index is 10.5. The molecular formula is C18H30BrNO. The Balaban J connectivity index is 2.58. The third-order valence-corrected chi connectivity index (χ3v) is 4.26. The summed E-state index contributed by atoms with van der Waals surface area (Å²) in [5.41, 5.74) is 0.997. The molecule has 1 aromatic carbocycles. The molecule has 0 aliphatic rings. The first-order valence-corrected chi connectivity index (χ1v) is 8.83. The minimum Gasteiger partial charge on any atom is -0.387 e. The molecule has 0 fully saturated rings. The second-order valence-corrected chi connectivity index (χ2v) is 7.65. The third-order valence-electron chi connectivity index (χ3n) is 3.73. The number of hydrogen-bond donors (Lipinski definition) is 1. The number of rotatable bonds is 9. The molecule has 0 radical (unpaired) electrons. The van der Waals surface area contributed by atoms with Crippen molar-refractivity contribution < 1.29 is 5.11 Å². The van der Waals surface area contributed by atoms with Crippen LogP contribution in [0.3, 0.4) is 0 Å². The average Bonchev–Trinajstić information content (AvgIpc) is 2.42. The Labute approximate surface area is 138 Å². The molecule has 1 aromatic rings. The van der Waals surface area contributed by atoms with E-state index in [4.69, 9.17) is 0 Å². The fraction of sp³-hybridized carbons (Fsp3) is 0.667. The first-order chi connectivity index (χ1) is 9.88. The van der Waals surface area contributed by atoms with Gasteiger partial charge in [-0.3, -0.25) is 0 Å². The molecule has 1 N–H and O–H groups in total. The smallest absolute Gasteiger partial charge is 0.0916 e. The molecule has 0 aliphatic heterocycles. The second-order valence-electron chi connectivity index (χ2n) is 6.73. The lowest BCUT2D eigenvalue weighted by molar-refractivity contribution is 0.107. The van der Waals surface area contributed by atoms with E-state index in [1.54, 1.807) is 0 Å². The zero-order valence-electron chi connectivity index (χ0n) is 13.8. The number of aliphatic hydroxyl groups is 1. The number of hydrogen-bond acceptors (Lipinski definition) is 2. The quantitative estimate of drug-likeness (QED) is 0.682. The lowest BCUT2D eigenvalue weighted by Gasteiger charge is -2.26. The van der Waals surface area contributed by atoms with Crippen LogP contribution in [0.2, 0.25) is 0 Å². The number of halogens is 1. The Bertz CT molecular complexity index is 377. The molecule has 0 saturated heterocycles. The molecule has 21 heavy (non-hydrogen) atoms. The molecule has 3 heteroatoms. The standard InChI is InChI=1S/C18H30BrNO/c1-14(2)9-11-20(12-10-15(3)4)13-18(21)16-5-7-17(19)8-6-16/h5-8,14-15,18,21H,9-13H2,1-4H3/t18-/m1/s1. The number of nitrogens with zero attached hydrogens (tertiary/aromatic N) is 1. The number of benzene rings is 1. The van der Waals surface area contributed by atoms with E-state index in [1.165, 1.54) is 12.8 Å². The molecule has 120 valence electrons. The van der Waals surface area contributed by atoms with Crippen LogP contribution in [-0.4, -0.2) is 29.6 Å². The minimum absolute atomic E-state index is 0.405. The van der Waals surface area contributed by atoms with E-state index in [9.17, 15) is 5.11 Å². The Kier molecular flexibility index (Phi) is 8.53. The van der Waals surface area contributed by atoms with Gasteiger partial charge in [0.25, 0.3) is 0 Å². The van der Waals surface area contributed by atoms with E-state index in [0.29, 0.717) is 11.8 Å².